The first-order chi connectivity index (χ1) is 3.91. The molecule has 0 N–H and O–H groups in total. The second-order valence-electron chi connectivity index (χ2n) is 1.70. The molecule has 0 atom stereocenters. The number of rotatable bonds is 5. The first-order valence-corrected chi connectivity index (χ1v) is 3.07. The molecule has 0 fully saturated rings. The largest absolute Gasteiger partial charge is 0.240 e. The second-order valence-corrected chi connectivity index (χ2v) is 1.70. The van der Waals surface area contributed by atoms with Crippen LogP contribution < -0.4 is 0 Å². The van der Waals surface area contributed by atoms with Crippen LogP contribution in [0.4, 0.5) is 0 Å². The lowest BCUT2D eigenvalue weighted by molar-refractivity contribution is -0.272. The van der Waals surface area contributed by atoms with Crippen molar-refractivity contribution < 1.29 is 9.78 Å². The van der Waals surface area contributed by atoms with E-state index in [2.05, 4.69) is 16.7 Å². The Morgan fingerprint density at radius 2 is 2.00 bits per heavy atom. The first kappa shape index (κ1) is 7.92. The van der Waals surface area contributed by atoms with E-state index >= 15 is 0 Å². The Labute approximate surface area is 50.7 Å². The third-order valence-corrected chi connectivity index (χ3v) is 0.949. The highest BCUT2D eigenvalue weighted by molar-refractivity contribution is 4.32. The molecule has 0 bridgehead atoms. The Hall–Kier alpha value is -0.0800. The average molecular weight is 118 g/mol. The van der Waals surface area contributed by atoms with Crippen LogP contribution in [-0.2, 0) is 9.78 Å². The fourth-order valence-corrected chi connectivity index (χ4v) is 0.494. The standard InChI is InChI=1S/C6H14O2/c1-3-4-5-6-8-7-2/h3-6H2,1-2H3. The first-order valence-electron chi connectivity index (χ1n) is 3.07. The molecular formula is C6H14O2. The van der Waals surface area contributed by atoms with E-state index < -0.39 is 0 Å². The summed E-state index contributed by atoms with van der Waals surface area (Å²) in [5.74, 6) is 0. The monoisotopic (exact) mass is 118 g/mol. The fourth-order valence-electron chi connectivity index (χ4n) is 0.494. The maximum Gasteiger partial charge on any atom is 0.0822 e. The smallest absolute Gasteiger partial charge is 0.0822 e. The molecule has 0 saturated heterocycles. The zero-order chi connectivity index (χ0) is 6.24. The summed E-state index contributed by atoms with van der Waals surface area (Å²) < 4.78 is 0. The van der Waals surface area contributed by atoms with Crippen LogP contribution in [-0.4, -0.2) is 13.7 Å². The van der Waals surface area contributed by atoms with Crippen LogP contribution in [0, 0.1) is 0 Å². The molecule has 8 heavy (non-hydrogen) atoms. The van der Waals surface area contributed by atoms with Gasteiger partial charge in [-0.15, -0.1) is 0 Å². The molecule has 0 rings (SSSR count). The number of hydrogen-bond acceptors (Lipinski definition) is 2. The van der Waals surface area contributed by atoms with Crippen LogP contribution in [0.5, 0.6) is 0 Å². The Morgan fingerprint density at radius 1 is 1.25 bits per heavy atom. The van der Waals surface area contributed by atoms with Gasteiger partial charge in [-0.05, 0) is 6.42 Å². The van der Waals surface area contributed by atoms with Crippen LogP contribution in [0.25, 0.3) is 0 Å². The summed E-state index contributed by atoms with van der Waals surface area (Å²) in [7, 11) is 1.53. The molecule has 0 aromatic heterocycles. The molecule has 2 nitrogen and oxygen atoms in total. The number of hydrogen-bond donors (Lipinski definition) is 0. The van der Waals surface area contributed by atoms with Gasteiger partial charge in [0.2, 0.25) is 0 Å². The van der Waals surface area contributed by atoms with E-state index in [1.54, 1.807) is 0 Å². The summed E-state index contributed by atoms with van der Waals surface area (Å²) in [6, 6.07) is 0. The van der Waals surface area contributed by atoms with Gasteiger partial charge in [-0.25, -0.2) is 9.78 Å². The summed E-state index contributed by atoms with van der Waals surface area (Å²) in [6.45, 7) is 2.89. The Kier molecular flexibility index (Phi) is 6.85. The maximum atomic E-state index is 4.64. The lowest BCUT2D eigenvalue weighted by Crippen LogP contribution is -1.91. The predicted molar refractivity (Wildman–Crippen MR) is 32.5 cm³/mol. The van der Waals surface area contributed by atoms with Crippen molar-refractivity contribution in [3.05, 3.63) is 0 Å². The lowest BCUT2D eigenvalue weighted by atomic mass is 10.3. The summed E-state index contributed by atoms with van der Waals surface area (Å²) in [4.78, 5) is 9.02. The van der Waals surface area contributed by atoms with Gasteiger partial charge in [0, 0.05) is 0 Å². The van der Waals surface area contributed by atoms with Crippen LogP contribution in [0.2, 0.25) is 0 Å². The highest BCUT2D eigenvalue weighted by atomic mass is 17.2. The molecule has 0 saturated carbocycles. The van der Waals surface area contributed by atoms with Crippen molar-refractivity contribution in [2.45, 2.75) is 26.2 Å². The molecule has 0 aromatic carbocycles. The van der Waals surface area contributed by atoms with Crippen LogP contribution >= 0.6 is 0 Å². The molecule has 0 radical (unpaired) electrons. The van der Waals surface area contributed by atoms with Crippen molar-refractivity contribution in [1.82, 2.24) is 0 Å². The average Bonchev–Trinajstić information content (AvgIpc) is 1.81. The van der Waals surface area contributed by atoms with Crippen molar-refractivity contribution >= 4 is 0 Å². The lowest BCUT2D eigenvalue weighted by Gasteiger charge is -1.95. The summed E-state index contributed by atoms with van der Waals surface area (Å²) in [5, 5.41) is 0. The van der Waals surface area contributed by atoms with E-state index in [0.29, 0.717) is 0 Å². The van der Waals surface area contributed by atoms with E-state index in [-0.39, 0.29) is 0 Å². The predicted octanol–water partition coefficient (Wildman–Crippen LogP) is 1.75. The minimum absolute atomic E-state index is 0.727. The Morgan fingerprint density at radius 3 is 2.50 bits per heavy atom. The Bertz CT molecular complexity index is 31.5. The van der Waals surface area contributed by atoms with Gasteiger partial charge < -0.3 is 0 Å². The van der Waals surface area contributed by atoms with E-state index in [1.807, 2.05) is 0 Å². The molecule has 0 aliphatic heterocycles. The molecule has 0 aliphatic carbocycles. The normalized spacial score (nSPS) is 9.75. The molecule has 0 heterocycles. The second kappa shape index (κ2) is 6.92. The van der Waals surface area contributed by atoms with Crippen LogP contribution in [0.15, 0.2) is 0 Å². The van der Waals surface area contributed by atoms with Gasteiger partial charge in [0.1, 0.15) is 0 Å². The van der Waals surface area contributed by atoms with Crippen molar-refractivity contribution in [2.24, 2.45) is 0 Å². The van der Waals surface area contributed by atoms with Crippen molar-refractivity contribution in [3.63, 3.8) is 0 Å². The van der Waals surface area contributed by atoms with Gasteiger partial charge in [0.05, 0.1) is 13.7 Å². The van der Waals surface area contributed by atoms with Crippen molar-refractivity contribution in [3.8, 4) is 0 Å². The highest BCUT2D eigenvalue weighted by Gasteiger charge is 1.83. The van der Waals surface area contributed by atoms with Gasteiger partial charge in [0.25, 0.3) is 0 Å². The molecule has 0 aliphatic rings. The maximum absolute atomic E-state index is 4.64. The third kappa shape index (κ3) is 5.92. The molecule has 2 heteroatoms. The molecule has 50 valence electrons. The SMILES string of the molecule is CCCCCOOC. The van der Waals surface area contributed by atoms with E-state index in [9.17, 15) is 0 Å². The quantitative estimate of drug-likeness (QED) is 0.311. The van der Waals surface area contributed by atoms with Crippen molar-refractivity contribution in [2.75, 3.05) is 13.7 Å². The zero-order valence-electron chi connectivity index (χ0n) is 5.64. The fraction of sp³-hybridized carbons (Fsp3) is 1.00. The molecule has 0 amide bonds. The zero-order valence-corrected chi connectivity index (χ0v) is 5.64. The van der Waals surface area contributed by atoms with E-state index in [0.717, 1.165) is 13.0 Å². The minimum atomic E-state index is 0.727. The number of unbranched alkanes of at least 4 members (excludes halogenated alkanes) is 2. The third-order valence-electron chi connectivity index (χ3n) is 0.949. The van der Waals surface area contributed by atoms with Gasteiger partial charge in [-0.2, -0.15) is 0 Å². The van der Waals surface area contributed by atoms with Gasteiger partial charge in [0.15, 0.2) is 0 Å². The van der Waals surface area contributed by atoms with Crippen LogP contribution in [0.3, 0.4) is 0 Å². The molecule has 0 aromatic rings. The van der Waals surface area contributed by atoms with Crippen LogP contribution in [0.1, 0.15) is 26.2 Å². The van der Waals surface area contributed by atoms with Gasteiger partial charge in [-0.3, -0.25) is 0 Å². The summed E-state index contributed by atoms with van der Waals surface area (Å²) in [5.41, 5.74) is 0. The molecule has 0 spiro atoms. The van der Waals surface area contributed by atoms with E-state index in [4.69, 9.17) is 0 Å². The van der Waals surface area contributed by atoms with Gasteiger partial charge >= 0.3 is 0 Å². The summed E-state index contributed by atoms with van der Waals surface area (Å²) >= 11 is 0. The Balaban J connectivity index is 2.53. The summed E-state index contributed by atoms with van der Waals surface area (Å²) in [6.07, 6.45) is 3.56. The van der Waals surface area contributed by atoms with Crippen molar-refractivity contribution in [1.29, 1.82) is 0 Å². The van der Waals surface area contributed by atoms with E-state index in [1.165, 1.54) is 20.0 Å². The topological polar surface area (TPSA) is 18.5 Å². The highest BCUT2D eigenvalue weighted by Crippen LogP contribution is 1.92. The van der Waals surface area contributed by atoms with Gasteiger partial charge in [-0.1, -0.05) is 19.8 Å². The molecule has 0 unspecified atom stereocenters. The molecular weight excluding hydrogens is 104 g/mol. The minimum Gasteiger partial charge on any atom is -0.240 e.